The van der Waals surface area contributed by atoms with Gasteiger partial charge in [-0.05, 0) is 73.1 Å². The molecule has 1 fully saturated rings. The van der Waals surface area contributed by atoms with Crippen LogP contribution in [0, 0.1) is 6.92 Å². The molecule has 38 heavy (non-hydrogen) atoms. The Hall–Kier alpha value is -3.59. The van der Waals surface area contributed by atoms with Crippen LogP contribution in [0.15, 0.2) is 83.7 Å². The van der Waals surface area contributed by atoms with E-state index in [9.17, 15) is 4.79 Å². The number of rotatable bonds is 7. The number of hydrogen-bond acceptors (Lipinski definition) is 6. The highest BCUT2D eigenvalue weighted by Gasteiger charge is 2.16. The van der Waals surface area contributed by atoms with Crippen LogP contribution in [0.2, 0.25) is 0 Å². The Morgan fingerprint density at radius 3 is 2.58 bits per heavy atom. The molecule has 1 aliphatic rings. The average Bonchev–Trinajstić information content (AvgIpc) is 2.93. The maximum atomic E-state index is 13.1. The second kappa shape index (κ2) is 11.9. The molecule has 0 spiro atoms. The Balaban J connectivity index is 1.26. The van der Waals surface area contributed by atoms with Crippen LogP contribution in [-0.4, -0.2) is 58.9 Å². The molecule has 0 atom stereocenters. The molecule has 2 aromatic heterocycles. The minimum atomic E-state index is -0.150. The van der Waals surface area contributed by atoms with E-state index in [0.717, 1.165) is 65.4 Å². The molecule has 0 aliphatic carbocycles. The second-order valence-electron chi connectivity index (χ2n) is 9.67. The van der Waals surface area contributed by atoms with Gasteiger partial charge in [-0.2, -0.15) is 0 Å². The van der Waals surface area contributed by atoms with Crippen molar-refractivity contribution in [1.29, 1.82) is 0 Å². The van der Waals surface area contributed by atoms with Gasteiger partial charge < -0.3 is 15.5 Å². The minimum Gasteiger partial charge on any atom is -0.340 e. The summed E-state index contributed by atoms with van der Waals surface area (Å²) in [5.74, 6) is 0.571. The fraction of sp³-hybridized carbons (Fsp3) is 0.233. The number of amides is 1. The molecular formula is C30H31BrN6O. The molecule has 0 bridgehead atoms. The molecule has 1 saturated heterocycles. The van der Waals surface area contributed by atoms with E-state index in [-0.39, 0.29) is 5.91 Å². The quantitative estimate of drug-likeness (QED) is 0.285. The van der Waals surface area contributed by atoms with Gasteiger partial charge in [0.1, 0.15) is 5.82 Å². The van der Waals surface area contributed by atoms with Crippen LogP contribution in [0.4, 0.5) is 17.2 Å². The van der Waals surface area contributed by atoms with E-state index in [0.29, 0.717) is 11.3 Å². The van der Waals surface area contributed by atoms with Gasteiger partial charge in [-0.25, -0.2) is 4.98 Å². The normalized spacial score (nSPS) is 14.3. The Kier molecular flexibility index (Phi) is 8.12. The first-order valence-corrected chi connectivity index (χ1v) is 13.5. The largest absolute Gasteiger partial charge is 0.340 e. The number of benzene rings is 2. The number of nitrogens with zero attached hydrogens (tertiary/aromatic N) is 4. The monoisotopic (exact) mass is 570 g/mol. The van der Waals surface area contributed by atoms with E-state index in [2.05, 4.69) is 53.4 Å². The molecule has 0 unspecified atom stereocenters. The molecule has 0 radical (unpaired) electrons. The van der Waals surface area contributed by atoms with Crippen molar-refractivity contribution < 1.29 is 4.79 Å². The molecule has 2 N–H and O–H groups in total. The molecule has 7 nitrogen and oxygen atoms in total. The van der Waals surface area contributed by atoms with Crippen LogP contribution in [0.5, 0.6) is 0 Å². The van der Waals surface area contributed by atoms with Gasteiger partial charge in [-0.1, -0.05) is 34.1 Å². The Bertz CT molecular complexity index is 1420. The fourth-order valence-corrected chi connectivity index (χ4v) is 4.96. The Morgan fingerprint density at radius 2 is 1.82 bits per heavy atom. The fourth-order valence-electron chi connectivity index (χ4n) is 4.45. The van der Waals surface area contributed by atoms with Gasteiger partial charge in [0.25, 0.3) is 5.91 Å². The summed E-state index contributed by atoms with van der Waals surface area (Å²) in [6.07, 6.45) is 5.36. The predicted octanol–water partition coefficient (Wildman–Crippen LogP) is 5.96. The van der Waals surface area contributed by atoms with Gasteiger partial charge >= 0.3 is 0 Å². The number of likely N-dealkylation sites (N-methyl/N-ethyl adjacent to an activating group) is 1. The SMILES string of the molecule is Cc1ccc(NC(=O)c2ccc(CN3CCN(C)CC3)c(Br)c2)cc1Nc1cc(-c2cccnc2)ccn1. The molecule has 194 valence electrons. The summed E-state index contributed by atoms with van der Waals surface area (Å²) in [4.78, 5) is 26.5. The summed E-state index contributed by atoms with van der Waals surface area (Å²) in [6, 6.07) is 19.6. The summed E-state index contributed by atoms with van der Waals surface area (Å²) in [7, 11) is 2.16. The van der Waals surface area contributed by atoms with E-state index in [1.807, 2.05) is 73.8 Å². The number of carbonyl (C=O) groups is 1. The summed E-state index contributed by atoms with van der Waals surface area (Å²) in [6.45, 7) is 7.17. The van der Waals surface area contributed by atoms with Crippen LogP contribution < -0.4 is 10.6 Å². The van der Waals surface area contributed by atoms with Crippen LogP contribution in [0.1, 0.15) is 21.5 Å². The lowest BCUT2D eigenvalue weighted by molar-refractivity contribution is 0.102. The summed E-state index contributed by atoms with van der Waals surface area (Å²) >= 11 is 3.68. The number of carbonyl (C=O) groups excluding carboxylic acids is 1. The zero-order valence-corrected chi connectivity index (χ0v) is 23.2. The Morgan fingerprint density at radius 1 is 0.974 bits per heavy atom. The minimum absolute atomic E-state index is 0.150. The van der Waals surface area contributed by atoms with Gasteiger partial charge in [0.15, 0.2) is 0 Å². The van der Waals surface area contributed by atoms with Crippen molar-refractivity contribution in [2.75, 3.05) is 43.9 Å². The predicted molar refractivity (Wildman–Crippen MR) is 157 cm³/mol. The molecule has 8 heteroatoms. The van der Waals surface area contributed by atoms with Gasteiger partial charge in [-0.3, -0.25) is 14.7 Å². The van der Waals surface area contributed by atoms with Crippen molar-refractivity contribution in [2.45, 2.75) is 13.5 Å². The lowest BCUT2D eigenvalue weighted by Crippen LogP contribution is -2.43. The highest BCUT2D eigenvalue weighted by molar-refractivity contribution is 9.10. The van der Waals surface area contributed by atoms with E-state index < -0.39 is 0 Å². The van der Waals surface area contributed by atoms with Crippen molar-refractivity contribution >= 4 is 39.0 Å². The molecule has 0 saturated carbocycles. The van der Waals surface area contributed by atoms with Crippen molar-refractivity contribution in [3.8, 4) is 11.1 Å². The lowest BCUT2D eigenvalue weighted by atomic mass is 10.1. The first kappa shape index (κ1) is 26.0. The molecule has 1 aliphatic heterocycles. The van der Waals surface area contributed by atoms with Gasteiger partial charge in [0, 0.05) is 78.3 Å². The first-order chi connectivity index (χ1) is 18.4. The third kappa shape index (κ3) is 6.45. The van der Waals surface area contributed by atoms with Gasteiger partial charge in [0.05, 0.1) is 0 Å². The zero-order chi connectivity index (χ0) is 26.5. The van der Waals surface area contributed by atoms with Crippen LogP contribution >= 0.6 is 15.9 Å². The second-order valence-corrected chi connectivity index (χ2v) is 10.5. The van der Waals surface area contributed by atoms with Crippen molar-refractivity contribution in [3.05, 3.63) is 100 Å². The maximum absolute atomic E-state index is 13.1. The summed E-state index contributed by atoms with van der Waals surface area (Å²) < 4.78 is 0.954. The molecule has 1 amide bonds. The average molecular weight is 572 g/mol. The number of pyridine rings is 2. The third-order valence-electron chi connectivity index (χ3n) is 6.82. The summed E-state index contributed by atoms with van der Waals surface area (Å²) in [5, 5.41) is 6.43. The maximum Gasteiger partial charge on any atom is 0.255 e. The van der Waals surface area contributed by atoms with Crippen LogP contribution in [0.3, 0.4) is 0 Å². The Labute approximate surface area is 232 Å². The molecular weight excluding hydrogens is 540 g/mol. The van der Waals surface area contributed by atoms with Crippen molar-refractivity contribution in [2.24, 2.45) is 0 Å². The van der Waals surface area contributed by atoms with Crippen molar-refractivity contribution in [3.63, 3.8) is 0 Å². The van der Waals surface area contributed by atoms with Crippen LogP contribution in [-0.2, 0) is 6.54 Å². The number of anilines is 3. The molecule has 5 rings (SSSR count). The number of nitrogens with one attached hydrogen (secondary N) is 2. The third-order valence-corrected chi connectivity index (χ3v) is 7.56. The number of aryl methyl sites for hydroxylation is 1. The van der Waals surface area contributed by atoms with E-state index in [1.165, 1.54) is 5.56 Å². The van der Waals surface area contributed by atoms with Gasteiger partial charge in [0.2, 0.25) is 0 Å². The highest BCUT2D eigenvalue weighted by atomic mass is 79.9. The van der Waals surface area contributed by atoms with Crippen molar-refractivity contribution in [1.82, 2.24) is 19.8 Å². The van der Waals surface area contributed by atoms with Crippen LogP contribution in [0.25, 0.3) is 11.1 Å². The van der Waals surface area contributed by atoms with E-state index in [4.69, 9.17) is 0 Å². The molecule has 4 aromatic rings. The number of hydrogen-bond donors (Lipinski definition) is 2. The van der Waals surface area contributed by atoms with Gasteiger partial charge in [-0.15, -0.1) is 0 Å². The summed E-state index contributed by atoms with van der Waals surface area (Å²) in [5.41, 5.74) is 6.49. The topological polar surface area (TPSA) is 73.4 Å². The van der Waals surface area contributed by atoms with E-state index in [1.54, 1.807) is 12.4 Å². The number of halogens is 1. The first-order valence-electron chi connectivity index (χ1n) is 12.7. The molecule has 3 heterocycles. The standard InChI is InChI=1S/C30H31BrN6O/c1-21-5-8-26(18-28(21)35-29-17-22(9-11-33-29)24-4-3-10-32-19-24)34-30(38)23-6-7-25(27(31)16-23)20-37-14-12-36(2)13-15-37/h3-11,16-19H,12-15,20H2,1-2H3,(H,33,35)(H,34,38). The number of piperazine rings is 1. The smallest absolute Gasteiger partial charge is 0.255 e. The highest BCUT2D eigenvalue weighted by Crippen LogP contribution is 2.27. The zero-order valence-electron chi connectivity index (χ0n) is 21.6. The number of aromatic nitrogens is 2. The molecule has 2 aromatic carbocycles. The lowest BCUT2D eigenvalue weighted by Gasteiger charge is -2.32. The van der Waals surface area contributed by atoms with E-state index >= 15 is 0 Å².